The van der Waals surface area contributed by atoms with Crippen LogP contribution in [0.2, 0.25) is 5.02 Å². The first kappa shape index (κ1) is 30.3. The number of ether oxygens (including phenoxy) is 2. The molecule has 1 aromatic rings. The Hall–Kier alpha value is -2.68. The lowest BCUT2D eigenvalue weighted by Crippen LogP contribution is -2.56. The molecule has 218 valence electrons. The van der Waals surface area contributed by atoms with Crippen LogP contribution in [0.25, 0.3) is 0 Å². The SMILES string of the molecule is C=CCCCCOC(=O)[C@@H]1[C@H]2C(=O)N(CCCCO)C(C(=O)N(CC=C)c3c(C)cccc3Cl)C23CC[C@@]1(C)O3. The molecule has 1 N–H and O–H groups in total. The molecule has 2 bridgehead atoms. The van der Waals surface area contributed by atoms with Crippen molar-refractivity contribution >= 4 is 35.1 Å². The van der Waals surface area contributed by atoms with Gasteiger partial charge in [0.15, 0.2) is 0 Å². The van der Waals surface area contributed by atoms with E-state index >= 15 is 0 Å². The quantitative estimate of drug-likeness (QED) is 0.199. The maximum Gasteiger partial charge on any atom is 0.312 e. The van der Waals surface area contributed by atoms with Crippen molar-refractivity contribution in [2.45, 2.75) is 76.0 Å². The summed E-state index contributed by atoms with van der Waals surface area (Å²) in [5.41, 5.74) is -0.693. The molecule has 5 atom stereocenters. The van der Waals surface area contributed by atoms with Gasteiger partial charge in [0.05, 0.1) is 28.8 Å². The average Bonchev–Trinajstić information content (AvgIpc) is 3.48. The van der Waals surface area contributed by atoms with Gasteiger partial charge >= 0.3 is 5.97 Å². The largest absolute Gasteiger partial charge is 0.465 e. The van der Waals surface area contributed by atoms with Crippen LogP contribution in [0.15, 0.2) is 43.5 Å². The Kier molecular flexibility index (Phi) is 9.43. The molecule has 4 rings (SSSR count). The highest BCUT2D eigenvalue weighted by molar-refractivity contribution is 6.34. The van der Waals surface area contributed by atoms with Gasteiger partial charge in [-0.05, 0) is 70.4 Å². The van der Waals surface area contributed by atoms with E-state index in [1.807, 2.05) is 32.1 Å². The molecule has 0 radical (unpaired) electrons. The van der Waals surface area contributed by atoms with E-state index in [0.717, 1.165) is 18.4 Å². The monoisotopic (exact) mass is 572 g/mol. The minimum absolute atomic E-state index is 0.0218. The van der Waals surface area contributed by atoms with Gasteiger partial charge in [0.25, 0.3) is 5.91 Å². The normalized spacial score (nSPS) is 28.4. The van der Waals surface area contributed by atoms with Gasteiger partial charge in [-0.15, -0.1) is 13.2 Å². The Morgan fingerprint density at radius 2 is 2.00 bits per heavy atom. The zero-order valence-corrected chi connectivity index (χ0v) is 24.3. The number of esters is 1. The van der Waals surface area contributed by atoms with E-state index in [1.54, 1.807) is 21.9 Å². The van der Waals surface area contributed by atoms with Crippen molar-refractivity contribution in [3.63, 3.8) is 0 Å². The maximum absolute atomic E-state index is 14.6. The summed E-state index contributed by atoms with van der Waals surface area (Å²) in [7, 11) is 0. The van der Waals surface area contributed by atoms with Crippen molar-refractivity contribution in [3.05, 3.63) is 54.1 Å². The number of allylic oxidation sites excluding steroid dienone is 1. The number of amides is 2. The minimum Gasteiger partial charge on any atom is -0.465 e. The number of nitrogens with zero attached hydrogens (tertiary/aromatic N) is 2. The number of likely N-dealkylation sites (tertiary alicyclic amines) is 1. The van der Waals surface area contributed by atoms with Crippen LogP contribution in [-0.4, -0.2) is 71.3 Å². The van der Waals surface area contributed by atoms with Crippen LogP contribution in [0.1, 0.15) is 57.4 Å². The molecule has 2 unspecified atom stereocenters. The first-order valence-corrected chi connectivity index (χ1v) is 14.6. The van der Waals surface area contributed by atoms with Crippen LogP contribution in [0.5, 0.6) is 0 Å². The summed E-state index contributed by atoms with van der Waals surface area (Å²) < 4.78 is 12.4. The van der Waals surface area contributed by atoms with Gasteiger partial charge in [-0.25, -0.2) is 0 Å². The zero-order chi connectivity index (χ0) is 29.1. The number of anilines is 1. The maximum atomic E-state index is 14.6. The minimum atomic E-state index is -1.16. The van der Waals surface area contributed by atoms with Crippen molar-refractivity contribution in [1.29, 1.82) is 0 Å². The number of fused-ring (bicyclic) bond motifs is 1. The van der Waals surface area contributed by atoms with Crippen LogP contribution in [0, 0.1) is 18.8 Å². The molecule has 0 aliphatic carbocycles. The van der Waals surface area contributed by atoms with Crippen LogP contribution in [0.4, 0.5) is 5.69 Å². The second-order valence-electron chi connectivity index (χ2n) is 11.3. The number of halogens is 1. The fourth-order valence-electron chi connectivity index (χ4n) is 6.88. The Labute approximate surface area is 241 Å². The Balaban J connectivity index is 1.72. The Morgan fingerprint density at radius 3 is 2.67 bits per heavy atom. The van der Waals surface area contributed by atoms with Gasteiger partial charge in [-0.3, -0.25) is 14.4 Å². The molecular formula is C31H41ClN2O6. The van der Waals surface area contributed by atoms with E-state index in [-0.39, 0.29) is 38.1 Å². The summed E-state index contributed by atoms with van der Waals surface area (Å²) in [4.78, 5) is 45.4. The molecule has 2 amide bonds. The first-order chi connectivity index (χ1) is 19.2. The van der Waals surface area contributed by atoms with E-state index in [4.69, 9.17) is 21.1 Å². The topological polar surface area (TPSA) is 96.4 Å². The molecular weight excluding hydrogens is 532 g/mol. The van der Waals surface area contributed by atoms with Gasteiger partial charge in [0, 0.05) is 19.7 Å². The molecule has 40 heavy (non-hydrogen) atoms. The van der Waals surface area contributed by atoms with Crippen molar-refractivity contribution < 1.29 is 29.0 Å². The first-order valence-electron chi connectivity index (χ1n) is 14.2. The highest BCUT2D eigenvalue weighted by Gasteiger charge is 2.78. The number of aliphatic hydroxyl groups excluding tert-OH is 1. The third kappa shape index (κ3) is 5.21. The predicted molar refractivity (Wildman–Crippen MR) is 154 cm³/mol. The number of aryl methyl sites for hydroxylation is 1. The number of unbranched alkanes of at least 4 members (excludes halogenated alkanes) is 3. The van der Waals surface area contributed by atoms with Gasteiger partial charge in [0.2, 0.25) is 5.91 Å². The molecule has 9 heteroatoms. The van der Waals surface area contributed by atoms with E-state index in [1.165, 1.54) is 0 Å². The summed E-state index contributed by atoms with van der Waals surface area (Å²) >= 11 is 6.60. The van der Waals surface area contributed by atoms with Gasteiger partial charge < -0.3 is 24.4 Å². The number of carbonyl (C=O) groups excluding carboxylic acids is 3. The molecule has 0 aromatic heterocycles. The Bertz CT molecular complexity index is 1140. The van der Waals surface area contributed by atoms with Crippen molar-refractivity contribution in [3.8, 4) is 0 Å². The summed E-state index contributed by atoms with van der Waals surface area (Å²) in [6.07, 6.45) is 7.86. The summed E-state index contributed by atoms with van der Waals surface area (Å²) in [5.74, 6) is -2.68. The molecule has 1 spiro atoms. The fraction of sp³-hybridized carbons (Fsp3) is 0.581. The molecule has 8 nitrogen and oxygen atoms in total. The third-order valence-corrected chi connectivity index (χ3v) is 8.96. The Morgan fingerprint density at radius 1 is 1.23 bits per heavy atom. The van der Waals surface area contributed by atoms with Crippen LogP contribution >= 0.6 is 11.6 Å². The molecule has 3 aliphatic rings. The van der Waals surface area contributed by atoms with E-state index in [9.17, 15) is 19.5 Å². The van der Waals surface area contributed by atoms with Crippen LogP contribution < -0.4 is 4.90 Å². The molecule has 0 saturated carbocycles. The lowest BCUT2D eigenvalue weighted by Gasteiger charge is -2.37. The predicted octanol–water partition coefficient (Wildman–Crippen LogP) is 4.60. The standard InChI is InChI=1S/C31H41ClN2O6/c1-5-7-8-11-20-39-29(38)24-23-27(36)34(18-9-10-19-35)26(31(23)16-15-30(24,4)40-31)28(37)33(17-6-2)25-21(3)13-12-14-22(25)32/h5-6,12-14,23-24,26,35H,1-2,7-11,15-20H2,3-4H3/t23-,24-,26?,30+,31?/m0/s1. The van der Waals surface area contributed by atoms with E-state index in [0.29, 0.717) is 42.8 Å². The number of rotatable bonds is 14. The van der Waals surface area contributed by atoms with E-state index in [2.05, 4.69) is 13.2 Å². The molecule has 3 saturated heterocycles. The molecule has 3 fully saturated rings. The smallest absolute Gasteiger partial charge is 0.312 e. The fourth-order valence-corrected chi connectivity index (χ4v) is 7.21. The molecule has 1 aromatic carbocycles. The summed E-state index contributed by atoms with van der Waals surface area (Å²) in [6, 6.07) is 4.48. The van der Waals surface area contributed by atoms with Gasteiger partial charge in [0.1, 0.15) is 17.6 Å². The highest BCUT2D eigenvalue weighted by atomic mass is 35.5. The average molecular weight is 573 g/mol. The number of hydrogen-bond acceptors (Lipinski definition) is 6. The zero-order valence-electron chi connectivity index (χ0n) is 23.6. The lowest BCUT2D eigenvalue weighted by molar-refractivity contribution is -0.159. The van der Waals surface area contributed by atoms with Gasteiger partial charge in [-0.1, -0.05) is 35.9 Å². The number of hydrogen-bond donors (Lipinski definition) is 1. The molecule has 3 heterocycles. The van der Waals surface area contributed by atoms with Crippen LogP contribution in [-0.2, 0) is 23.9 Å². The second kappa shape index (κ2) is 12.5. The van der Waals surface area contributed by atoms with Crippen molar-refractivity contribution in [2.75, 3.05) is 31.2 Å². The highest BCUT2D eigenvalue weighted by Crippen LogP contribution is 2.63. The van der Waals surface area contributed by atoms with Crippen LogP contribution in [0.3, 0.4) is 0 Å². The number of para-hydroxylation sites is 1. The summed E-state index contributed by atoms with van der Waals surface area (Å²) in [6.45, 7) is 12.0. The molecule has 3 aliphatic heterocycles. The van der Waals surface area contributed by atoms with Crippen molar-refractivity contribution in [1.82, 2.24) is 4.90 Å². The van der Waals surface area contributed by atoms with Crippen molar-refractivity contribution in [2.24, 2.45) is 11.8 Å². The summed E-state index contributed by atoms with van der Waals surface area (Å²) in [5, 5.41) is 9.82. The second-order valence-corrected chi connectivity index (χ2v) is 11.7. The number of benzene rings is 1. The lowest BCUT2D eigenvalue weighted by atomic mass is 9.66. The van der Waals surface area contributed by atoms with Gasteiger partial charge in [-0.2, -0.15) is 0 Å². The van der Waals surface area contributed by atoms with E-state index < -0.39 is 35.0 Å². The number of carbonyl (C=O) groups is 3. The third-order valence-electron chi connectivity index (χ3n) is 8.65. The number of aliphatic hydroxyl groups is 1.